The molecular weight excluding hydrogens is 349 g/mol. The summed E-state index contributed by atoms with van der Waals surface area (Å²) < 4.78 is 41.1. The number of nitrogens with one attached hydrogen (secondary N) is 1. The highest BCUT2D eigenvalue weighted by atomic mass is 79.9. The van der Waals surface area contributed by atoms with Crippen LogP contribution in [-0.4, -0.2) is 5.91 Å². The predicted molar refractivity (Wildman–Crippen MR) is 76.3 cm³/mol. The molecule has 0 unspecified atom stereocenters. The number of anilines is 1. The highest BCUT2D eigenvalue weighted by molar-refractivity contribution is 9.10. The van der Waals surface area contributed by atoms with Crippen molar-refractivity contribution in [2.75, 3.05) is 5.32 Å². The molecule has 110 valence electrons. The Morgan fingerprint density at radius 2 is 1.71 bits per heavy atom. The molecule has 2 aromatic carbocycles. The summed E-state index contributed by atoms with van der Waals surface area (Å²) in [5.74, 6) is -2.94. The van der Waals surface area contributed by atoms with Gasteiger partial charge < -0.3 is 11.1 Å². The van der Waals surface area contributed by atoms with Crippen molar-refractivity contribution in [2.24, 2.45) is 5.73 Å². The maximum absolute atomic E-state index is 13.6. The van der Waals surface area contributed by atoms with Crippen LogP contribution in [0.25, 0.3) is 0 Å². The second-order valence-corrected chi connectivity index (χ2v) is 5.18. The fourth-order valence-corrected chi connectivity index (χ4v) is 2.16. The SMILES string of the molecule is NC(=O)c1ccc(F)c(CNc2c(F)cc(Br)cc2F)c1. The smallest absolute Gasteiger partial charge is 0.248 e. The van der Waals surface area contributed by atoms with Gasteiger partial charge in [0.25, 0.3) is 0 Å². The van der Waals surface area contributed by atoms with E-state index in [0.29, 0.717) is 0 Å². The van der Waals surface area contributed by atoms with Crippen LogP contribution in [0.2, 0.25) is 0 Å². The monoisotopic (exact) mass is 358 g/mol. The molecule has 2 rings (SSSR count). The number of rotatable bonds is 4. The first kappa shape index (κ1) is 15.4. The minimum absolute atomic E-state index is 0.0769. The summed E-state index contributed by atoms with van der Waals surface area (Å²) in [6, 6.07) is 5.72. The highest BCUT2D eigenvalue weighted by Gasteiger charge is 2.12. The summed E-state index contributed by atoms with van der Waals surface area (Å²) in [6.07, 6.45) is 0. The Morgan fingerprint density at radius 1 is 1.10 bits per heavy atom. The third kappa shape index (κ3) is 3.55. The van der Waals surface area contributed by atoms with Crippen molar-refractivity contribution < 1.29 is 18.0 Å². The molecule has 0 aliphatic heterocycles. The maximum atomic E-state index is 13.6. The van der Waals surface area contributed by atoms with Gasteiger partial charge in [-0.25, -0.2) is 13.2 Å². The number of carbonyl (C=O) groups excluding carboxylic acids is 1. The number of halogens is 4. The number of benzene rings is 2. The predicted octanol–water partition coefficient (Wildman–Crippen LogP) is 3.58. The minimum Gasteiger partial charge on any atom is -0.376 e. The third-order valence-corrected chi connectivity index (χ3v) is 3.25. The molecular formula is C14H10BrF3N2O. The van der Waals surface area contributed by atoms with Crippen LogP contribution in [0.3, 0.4) is 0 Å². The van der Waals surface area contributed by atoms with Crippen LogP contribution >= 0.6 is 15.9 Å². The second kappa shape index (κ2) is 6.17. The Bertz CT molecular complexity index is 684. The van der Waals surface area contributed by atoms with Gasteiger partial charge >= 0.3 is 0 Å². The summed E-state index contributed by atoms with van der Waals surface area (Å²) in [5.41, 5.74) is 4.92. The summed E-state index contributed by atoms with van der Waals surface area (Å²) >= 11 is 2.96. The second-order valence-electron chi connectivity index (χ2n) is 4.27. The first-order valence-corrected chi connectivity index (χ1v) is 6.64. The van der Waals surface area contributed by atoms with Crippen LogP contribution in [0.4, 0.5) is 18.9 Å². The molecule has 0 radical (unpaired) electrons. The van der Waals surface area contributed by atoms with E-state index in [1.54, 1.807) is 0 Å². The molecule has 3 nitrogen and oxygen atoms in total. The molecule has 7 heteroatoms. The molecule has 0 atom stereocenters. The van der Waals surface area contributed by atoms with E-state index in [9.17, 15) is 18.0 Å². The number of nitrogens with two attached hydrogens (primary N) is 1. The van der Waals surface area contributed by atoms with E-state index >= 15 is 0 Å². The lowest BCUT2D eigenvalue weighted by Crippen LogP contribution is -2.13. The zero-order valence-electron chi connectivity index (χ0n) is 10.6. The van der Waals surface area contributed by atoms with Gasteiger partial charge in [-0.05, 0) is 30.3 Å². The lowest BCUT2D eigenvalue weighted by Gasteiger charge is -2.10. The molecule has 0 fully saturated rings. The van der Waals surface area contributed by atoms with Crippen molar-refractivity contribution in [3.63, 3.8) is 0 Å². The topological polar surface area (TPSA) is 55.1 Å². The zero-order chi connectivity index (χ0) is 15.6. The van der Waals surface area contributed by atoms with Crippen LogP contribution in [0.1, 0.15) is 15.9 Å². The average Bonchev–Trinajstić information content (AvgIpc) is 2.39. The Morgan fingerprint density at radius 3 is 2.29 bits per heavy atom. The largest absolute Gasteiger partial charge is 0.376 e. The first-order valence-electron chi connectivity index (χ1n) is 5.85. The van der Waals surface area contributed by atoms with E-state index in [-0.39, 0.29) is 27.8 Å². The molecule has 0 aliphatic carbocycles. The first-order chi connectivity index (χ1) is 9.88. The van der Waals surface area contributed by atoms with Crippen molar-refractivity contribution in [3.8, 4) is 0 Å². The Hall–Kier alpha value is -2.02. The van der Waals surface area contributed by atoms with Crippen LogP contribution in [-0.2, 0) is 6.54 Å². The number of amides is 1. The van der Waals surface area contributed by atoms with Gasteiger partial charge in [-0.3, -0.25) is 4.79 Å². The van der Waals surface area contributed by atoms with Gasteiger partial charge in [0, 0.05) is 22.1 Å². The van der Waals surface area contributed by atoms with E-state index in [2.05, 4.69) is 21.2 Å². The summed E-state index contributed by atoms with van der Waals surface area (Å²) in [4.78, 5) is 11.0. The fourth-order valence-electron chi connectivity index (χ4n) is 1.76. The normalized spacial score (nSPS) is 10.5. The van der Waals surface area contributed by atoms with Crippen LogP contribution in [0.15, 0.2) is 34.8 Å². The molecule has 0 aliphatic rings. The Balaban J connectivity index is 2.24. The van der Waals surface area contributed by atoms with E-state index in [1.807, 2.05) is 0 Å². The van der Waals surface area contributed by atoms with E-state index in [0.717, 1.165) is 18.2 Å². The fraction of sp³-hybridized carbons (Fsp3) is 0.0714. The molecule has 0 heterocycles. The van der Waals surface area contributed by atoms with Gasteiger partial charge in [0.05, 0.1) is 0 Å². The quantitative estimate of drug-likeness (QED) is 0.877. The number of hydrogen-bond donors (Lipinski definition) is 2. The number of hydrogen-bond acceptors (Lipinski definition) is 2. The van der Waals surface area contributed by atoms with Gasteiger partial charge in [0.1, 0.15) is 23.1 Å². The number of primary amides is 1. The minimum atomic E-state index is -0.812. The van der Waals surface area contributed by atoms with Crippen molar-refractivity contribution in [1.82, 2.24) is 0 Å². The maximum Gasteiger partial charge on any atom is 0.248 e. The number of carbonyl (C=O) groups is 1. The van der Waals surface area contributed by atoms with E-state index in [4.69, 9.17) is 5.73 Å². The third-order valence-electron chi connectivity index (χ3n) is 2.79. The van der Waals surface area contributed by atoms with Crippen molar-refractivity contribution in [3.05, 3.63) is 63.4 Å². The molecule has 1 amide bonds. The van der Waals surface area contributed by atoms with Crippen LogP contribution < -0.4 is 11.1 Å². The molecule has 0 bridgehead atoms. The highest BCUT2D eigenvalue weighted by Crippen LogP contribution is 2.24. The summed E-state index contributed by atoms with van der Waals surface area (Å²) in [6.45, 7) is -0.192. The van der Waals surface area contributed by atoms with Gasteiger partial charge in [-0.15, -0.1) is 0 Å². The standard InChI is InChI=1S/C14H10BrF3N2O/c15-9-4-11(17)13(12(18)5-9)20-6-8-3-7(14(19)21)1-2-10(8)16/h1-5,20H,6H2,(H2,19,21). The van der Waals surface area contributed by atoms with Gasteiger partial charge in [-0.2, -0.15) is 0 Å². The lowest BCUT2D eigenvalue weighted by molar-refractivity contribution is 0.1000. The molecule has 0 aromatic heterocycles. The van der Waals surface area contributed by atoms with Gasteiger partial charge in [-0.1, -0.05) is 15.9 Å². The van der Waals surface area contributed by atoms with Gasteiger partial charge in [0.2, 0.25) is 5.91 Å². The summed E-state index contributed by atoms with van der Waals surface area (Å²) in [5, 5.41) is 2.47. The zero-order valence-corrected chi connectivity index (χ0v) is 12.2. The van der Waals surface area contributed by atoms with Crippen molar-refractivity contribution in [2.45, 2.75) is 6.54 Å². The molecule has 3 N–H and O–H groups in total. The average molecular weight is 359 g/mol. The molecule has 21 heavy (non-hydrogen) atoms. The van der Waals surface area contributed by atoms with E-state index < -0.39 is 23.4 Å². The molecule has 2 aromatic rings. The lowest BCUT2D eigenvalue weighted by atomic mass is 10.1. The summed E-state index contributed by atoms with van der Waals surface area (Å²) in [7, 11) is 0. The molecule has 0 spiro atoms. The Kier molecular flexibility index (Phi) is 4.52. The van der Waals surface area contributed by atoms with Crippen molar-refractivity contribution in [1.29, 1.82) is 0 Å². The van der Waals surface area contributed by atoms with E-state index in [1.165, 1.54) is 12.1 Å². The Labute approximate surface area is 127 Å². The van der Waals surface area contributed by atoms with Crippen LogP contribution in [0, 0.1) is 17.5 Å². The molecule has 0 saturated carbocycles. The van der Waals surface area contributed by atoms with Crippen molar-refractivity contribution >= 4 is 27.5 Å². The molecule has 0 saturated heterocycles. The van der Waals surface area contributed by atoms with Gasteiger partial charge in [0.15, 0.2) is 0 Å². The van der Waals surface area contributed by atoms with Crippen LogP contribution in [0.5, 0.6) is 0 Å².